The van der Waals surface area contributed by atoms with Crippen molar-refractivity contribution in [2.45, 2.75) is 33.7 Å². The number of benzene rings is 2. The maximum Gasteiger partial charge on any atom is 0.295 e. The number of methoxy groups -OCH3 is 1. The van der Waals surface area contributed by atoms with Crippen LogP contribution in [-0.2, 0) is 14.3 Å². The van der Waals surface area contributed by atoms with Gasteiger partial charge in [-0.2, -0.15) is 0 Å². The molecule has 0 aliphatic carbocycles. The number of carbonyl (C=O) groups is 2. The Labute approximate surface area is 207 Å². The lowest BCUT2D eigenvalue weighted by Crippen LogP contribution is -2.32. The maximum atomic E-state index is 13.1. The number of ether oxygens (including phenoxy) is 3. The van der Waals surface area contributed by atoms with Crippen LogP contribution in [0.5, 0.6) is 11.5 Å². The SMILES string of the molecule is COCCN1C(=O)C(=O)/C(=C(\O)c2cccc(OCC(C)C)c2)C1c1ccc(OCC(C)C)cc1. The maximum absolute atomic E-state index is 13.1. The van der Waals surface area contributed by atoms with E-state index in [2.05, 4.69) is 13.8 Å². The third kappa shape index (κ3) is 6.42. The third-order valence-electron chi connectivity index (χ3n) is 5.55. The van der Waals surface area contributed by atoms with Gasteiger partial charge in [0, 0.05) is 19.2 Å². The summed E-state index contributed by atoms with van der Waals surface area (Å²) in [5, 5.41) is 11.3. The number of carbonyl (C=O) groups excluding carboxylic acids is 2. The molecular formula is C28H35NO6. The molecule has 1 amide bonds. The summed E-state index contributed by atoms with van der Waals surface area (Å²) >= 11 is 0. The van der Waals surface area contributed by atoms with Gasteiger partial charge in [0.1, 0.15) is 17.3 Å². The van der Waals surface area contributed by atoms with Gasteiger partial charge in [-0.1, -0.05) is 52.0 Å². The molecule has 0 spiro atoms. The van der Waals surface area contributed by atoms with Gasteiger partial charge in [-0.3, -0.25) is 9.59 Å². The number of ketones is 1. The van der Waals surface area contributed by atoms with Gasteiger partial charge in [0.15, 0.2) is 0 Å². The minimum absolute atomic E-state index is 0.0444. The van der Waals surface area contributed by atoms with Gasteiger partial charge in [0.25, 0.3) is 11.7 Å². The second kappa shape index (κ2) is 11.9. The van der Waals surface area contributed by atoms with Crippen LogP contribution >= 0.6 is 0 Å². The lowest BCUT2D eigenvalue weighted by molar-refractivity contribution is -0.140. The highest BCUT2D eigenvalue weighted by Gasteiger charge is 2.45. The average molecular weight is 482 g/mol. The van der Waals surface area contributed by atoms with Gasteiger partial charge in [-0.15, -0.1) is 0 Å². The quantitative estimate of drug-likeness (QED) is 0.281. The topological polar surface area (TPSA) is 85.3 Å². The van der Waals surface area contributed by atoms with E-state index < -0.39 is 17.7 Å². The Balaban J connectivity index is 2.02. The summed E-state index contributed by atoms with van der Waals surface area (Å²) in [5.74, 6) is 0.384. The summed E-state index contributed by atoms with van der Waals surface area (Å²) < 4.78 is 16.7. The van der Waals surface area contributed by atoms with E-state index in [0.29, 0.717) is 47.7 Å². The molecule has 1 unspecified atom stereocenters. The monoisotopic (exact) mass is 481 g/mol. The van der Waals surface area contributed by atoms with E-state index in [1.165, 1.54) is 12.0 Å². The van der Waals surface area contributed by atoms with Gasteiger partial charge < -0.3 is 24.2 Å². The van der Waals surface area contributed by atoms with Crippen molar-refractivity contribution >= 4 is 17.4 Å². The number of amides is 1. The Morgan fingerprint density at radius 2 is 1.57 bits per heavy atom. The molecule has 7 heteroatoms. The first-order valence-corrected chi connectivity index (χ1v) is 12.0. The predicted octanol–water partition coefficient (Wildman–Crippen LogP) is 4.82. The molecule has 1 aliphatic rings. The van der Waals surface area contributed by atoms with Crippen LogP contribution in [0, 0.1) is 11.8 Å². The summed E-state index contributed by atoms with van der Waals surface area (Å²) in [6, 6.07) is 13.4. The van der Waals surface area contributed by atoms with E-state index in [-0.39, 0.29) is 24.5 Å². The molecule has 0 bridgehead atoms. The van der Waals surface area contributed by atoms with Crippen molar-refractivity contribution in [3.8, 4) is 11.5 Å². The summed E-state index contributed by atoms with van der Waals surface area (Å²) in [7, 11) is 1.54. The first-order valence-electron chi connectivity index (χ1n) is 12.0. The van der Waals surface area contributed by atoms with Gasteiger partial charge in [-0.05, 0) is 41.7 Å². The van der Waals surface area contributed by atoms with Crippen molar-refractivity contribution in [3.05, 3.63) is 65.2 Å². The molecule has 1 atom stereocenters. The van der Waals surface area contributed by atoms with Crippen LogP contribution in [0.25, 0.3) is 5.76 Å². The fourth-order valence-corrected chi connectivity index (χ4v) is 3.81. The zero-order chi connectivity index (χ0) is 25.5. The number of aliphatic hydroxyl groups excluding tert-OH is 1. The van der Waals surface area contributed by atoms with Crippen LogP contribution in [-0.4, -0.2) is 55.2 Å². The Bertz CT molecular complexity index is 1060. The average Bonchev–Trinajstić information content (AvgIpc) is 3.09. The van der Waals surface area contributed by atoms with Gasteiger partial charge in [0.05, 0.1) is 31.4 Å². The van der Waals surface area contributed by atoms with Crippen LogP contribution in [0.4, 0.5) is 0 Å². The highest BCUT2D eigenvalue weighted by molar-refractivity contribution is 6.46. The van der Waals surface area contributed by atoms with Crippen LogP contribution in [0.15, 0.2) is 54.1 Å². The number of rotatable bonds is 11. The summed E-state index contributed by atoms with van der Waals surface area (Å²) in [4.78, 5) is 27.5. The first-order chi connectivity index (χ1) is 16.7. The minimum atomic E-state index is -0.746. The summed E-state index contributed by atoms with van der Waals surface area (Å²) in [5.41, 5.74) is 1.16. The van der Waals surface area contributed by atoms with E-state index in [1.54, 1.807) is 24.3 Å². The first kappa shape index (κ1) is 26.3. The number of likely N-dealkylation sites (tertiary alicyclic amines) is 1. The zero-order valence-corrected chi connectivity index (χ0v) is 21.1. The van der Waals surface area contributed by atoms with Gasteiger partial charge >= 0.3 is 0 Å². The molecule has 1 aliphatic heterocycles. The predicted molar refractivity (Wildman–Crippen MR) is 134 cm³/mol. The van der Waals surface area contributed by atoms with E-state index in [0.717, 1.165) is 0 Å². The molecule has 1 N–H and O–H groups in total. The highest BCUT2D eigenvalue weighted by atomic mass is 16.5. The molecule has 35 heavy (non-hydrogen) atoms. The Morgan fingerprint density at radius 3 is 2.17 bits per heavy atom. The normalized spacial score (nSPS) is 17.5. The molecule has 1 fully saturated rings. The number of Topliss-reactive ketones (excluding diaryl/α,β-unsaturated/α-hetero) is 1. The summed E-state index contributed by atoms with van der Waals surface area (Å²) in [6.45, 7) is 9.82. The number of aliphatic hydroxyl groups is 1. The smallest absolute Gasteiger partial charge is 0.295 e. The van der Waals surface area contributed by atoms with Crippen LogP contribution in [0.2, 0.25) is 0 Å². The zero-order valence-electron chi connectivity index (χ0n) is 21.1. The largest absolute Gasteiger partial charge is 0.507 e. The van der Waals surface area contributed by atoms with Crippen molar-refractivity contribution in [3.63, 3.8) is 0 Å². The van der Waals surface area contributed by atoms with Crippen molar-refractivity contribution in [2.24, 2.45) is 11.8 Å². The fourth-order valence-electron chi connectivity index (χ4n) is 3.81. The van der Waals surface area contributed by atoms with Crippen LogP contribution in [0.1, 0.15) is 44.9 Å². The van der Waals surface area contributed by atoms with Crippen molar-refractivity contribution in [2.75, 3.05) is 33.5 Å². The lowest BCUT2D eigenvalue weighted by atomic mass is 9.95. The molecule has 0 saturated carbocycles. The molecule has 2 aromatic carbocycles. The van der Waals surface area contributed by atoms with E-state index in [9.17, 15) is 14.7 Å². The second-order valence-electron chi connectivity index (χ2n) is 9.49. The number of hydrogen-bond acceptors (Lipinski definition) is 6. The number of hydrogen-bond donors (Lipinski definition) is 1. The molecule has 7 nitrogen and oxygen atoms in total. The van der Waals surface area contributed by atoms with E-state index in [4.69, 9.17) is 14.2 Å². The molecule has 3 rings (SSSR count). The standard InChI is InChI=1S/C28H35NO6/c1-18(2)16-34-22-11-9-20(10-12-22)25-24(27(31)28(32)29(25)13-14-33-5)26(30)21-7-6-8-23(15-21)35-17-19(3)4/h6-12,15,18-19,25,30H,13-14,16-17H2,1-5H3/b26-24-. The lowest BCUT2D eigenvalue weighted by Gasteiger charge is -2.25. The van der Waals surface area contributed by atoms with E-state index >= 15 is 0 Å². The Hall–Kier alpha value is -3.32. The van der Waals surface area contributed by atoms with E-state index in [1.807, 2.05) is 38.1 Å². The molecular weight excluding hydrogens is 446 g/mol. The second-order valence-corrected chi connectivity index (χ2v) is 9.49. The molecule has 188 valence electrons. The fraction of sp³-hybridized carbons (Fsp3) is 0.429. The highest BCUT2D eigenvalue weighted by Crippen LogP contribution is 2.40. The molecule has 2 aromatic rings. The Morgan fingerprint density at radius 1 is 0.943 bits per heavy atom. The third-order valence-corrected chi connectivity index (χ3v) is 5.55. The van der Waals surface area contributed by atoms with Crippen molar-refractivity contribution < 1.29 is 28.9 Å². The van der Waals surface area contributed by atoms with Crippen molar-refractivity contribution in [1.82, 2.24) is 4.90 Å². The molecule has 0 radical (unpaired) electrons. The van der Waals surface area contributed by atoms with Crippen molar-refractivity contribution in [1.29, 1.82) is 0 Å². The Kier molecular flexibility index (Phi) is 8.93. The number of nitrogens with zero attached hydrogens (tertiary/aromatic N) is 1. The minimum Gasteiger partial charge on any atom is -0.507 e. The van der Waals surface area contributed by atoms with Crippen LogP contribution < -0.4 is 9.47 Å². The summed E-state index contributed by atoms with van der Waals surface area (Å²) in [6.07, 6.45) is 0. The van der Waals surface area contributed by atoms with Crippen LogP contribution in [0.3, 0.4) is 0 Å². The molecule has 0 aromatic heterocycles. The molecule has 1 heterocycles. The van der Waals surface area contributed by atoms with Gasteiger partial charge in [-0.25, -0.2) is 0 Å². The molecule has 1 saturated heterocycles. The van der Waals surface area contributed by atoms with Gasteiger partial charge in [0.2, 0.25) is 0 Å².